The van der Waals surface area contributed by atoms with Crippen LogP contribution >= 0.6 is 0 Å². The molecule has 0 heterocycles. The van der Waals surface area contributed by atoms with Crippen molar-refractivity contribution in [3.8, 4) is 5.75 Å². The van der Waals surface area contributed by atoms with Crippen LogP contribution in [0, 0.1) is 0 Å². The fraction of sp³-hybridized carbons (Fsp3) is 0.455. The molecule has 0 aliphatic carbocycles. The third-order valence-electron chi connectivity index (χ3n) is 2.16. The van der Waals surface area contributed by atoms with E-state index in [9.17, 15) is 4.39 Å². The molecule has 0 saturated carbocycles. The maximum absolute atomic E-state index is 11.8. The third kappa shape index (κ3) is 3.00. The van der Waals surface area contributed by atoms with Gasteiger partial charge in [-0.25, -0.2) is 4.39 Å². The summed E-state index contributed by atoms with van der Waals surface area (Å²) < 4.78 is 16.9. The molecule has 0 radical (unpaired) electrons. The highest BCUT2D eigenvalue weighted by Gasteiger charge is 2.01. The second kappa shape index (κ2) is 5.60. The van der Waals surface area contributed by atoms with E-state index in [0.717, 1.165) is 5.75 Å². The summed E-state index contributed by atoms with van der Waals surface area (Å²) in [5.41, 5.74) is 1.19. The summed E-state index contributed by atoms with van der Waals surface area (Å²) in [7, 11) is 1.91. The molecule has 0 bridgehead atoms. The van der Waals surface area contributed by atoms with Crippen LogP contribution in [0.1, 0.15) is 18.5 Å². The van der Waals surface area contributed by atoms with Gasteiger partial charge in [0.05, 0.1) is 0 Å². The standard InChI is InChI=1S/C11H16FNO/c1-9(13-2)10-3-5-11(6-4-10)14-8-7-12/h3-6,9,13H,7-8H2,1-2H3. The molecule has 1 N–H and O–H groups in total. The second-order valence-corrected chi connectivity index (χ2v) is 3.12. The number of halogens is 1. The molecule has 0 aliphatic rings. The van der Waals surface area contributed by atoms with Gasteiger partial charge in [-0.15, -0.1) is 0 Å². The van der Waals surface area contributed by atoms with Crippen LogP contribution in [0.25, 0.3) is 0 Å². The molecule has 1 atom stereocenters. The molecule has 2 nitrogen and oxygen atoms in total. The maximum Gasteiger partial charge on any atom is 0.123 e. The van der Waals surface area contributed by atoms with Crippen LogP contribution in [0.3, 0.4) is 0 Å². The van der Waals surface area contributed by atoms with Crippen LogP contribution in [0.15, 0.2) is 24.3 Å². The summed E-state index contributed by atoms with van der Waals surface area (Å²) >= 11 is 0. The Labute approximate surface area is 84.1 Å². The number of alkyl halides is 1. The molecule has 0 aliphatic heterocycles. The van der Waals surface area contributed by atoms with E-state index in [1.165, 1.54) is 5.56 Å². The molecule has 1 aromatic rings. The van der Waals surface area contributed by atoms with Gasteiger partial charge in [-0.1, -0.05) is 12.1 Å². The molecule has 1 aromatic carbocycles. The molecule has 0 spiro atoms. The highest BCUT2D eigenvalue weighted by Crippen LogP contribution is 2.16. The first-order valence-corrected chi connectivity index (χ1v) is 4.74. The zero-order chi connectivity index (χ0) is 10.4. The lowest BCUT2D eigenvalue weighted by Gasteiger charge is -2.11. The predicted octanol–water partition coefficient (Wildman–Crippen LogP) is 2.32. The van der Waals surface area contributed by atoms with Gasteiger partial charge in [-0.05, 0) is 31.7 Å². The Hall–Kier alpha value is -1.09. The Kier molecular flexibility index (Phi) is 4.40. The molecule has 78 valence electrons. The van der Waals surface area contributed by atoms with E-state index in [4.69, 9.17) is 4.74 Å². The molecule has 1 unspecified atom stereocenters. The van der Waals surface area contributed by atoms with E-state index in [-0.39, 0.29) is 6.61 Å². The van der Waals surface area contributed by atoms with Gasteiger partial charge in [-0.2, -0.15) is 0 Å². The Morgan fingerprint density at radius 3 is 2.50 bits per heavy atom. The zero-order valence-electron chi connectivity index (χ0n) is 8.59. The Balaban J connectivity index is 2.59. The topological polar surface area (TPSA) is 21.3 Å². The van der Waals surface area contributed by atoms with Gasteiger partial charge in [0.25, 0.3) is 0 Å². The van der Waals surface area contributed by atoms with Crippen molar-refractivity contribution in [2.24, 2.45) is 0 Å². The molecular weight excluding hydrogens is 181 g/mol. The lowest BCUT2D eigenvalue weighted by Crippen LogP contribution is -2.12. The summed E-state index contributed by atoms with van der Waals surface area (Å²) in [4.78, 5) is 0. The van der Waals surface area contributed by atoms with E-state index in [2.05, 4.69) is 12.2 Å². The Bertz CT molecular complexity index is 260. The van der Waals surface area contributed by atoms with Crippen LogP contribution in [-0.2, 0) is 0 Å². The van der Waals surface area contributed by atoms with Gasteiger partial charge in [0.1, 0.15) is 19.0 Å². The van der Waals surface area contributed by atoms with Gasteiger partial charge in [0.15, 0.2) is 0 Å². The van der Waals surface area contributed by atoms with Crippen LogP contribution in [-0.4, -0.2) is 20.3 Å². The van der Waals surface area contributed by atoms with Crippen LogP contribution in [0.2, 0.25) is 0 Å². The Morgan fingerprint density at radius 2 is 2.00 bits per heavy atom. The fourth-order valence-corrected chi connectivity index (χ4v) is 1.18. The van der Waals surface area contributed by atoms with E-state index in [0.29, 0.717) is 6.04 Å². The van der Waals surface area contributed by atoms with Crippen molar-refractivity contribution in [1.29, 1.82) is 0 Å². The van der Waals surface area contributed by atoms with Crippen molar-refractivity contribution in [3.63, 3.8) is 0 Å². The van der Waals surface area contributed by atoms with Crippen LogP contribution in [0.4, 0.5) is 4.39 Å². The van der Waals surface area contributed by atoms with Gasteiger partial charge in [-0.3, -0.25) is 0 Å². The molecule has 14 heavy (non-hydrogen) atoms. The zero-order valence-corrected chi connectivity index (χ0v) is 8.59. The molecule has 1 rings (SSSR count). The normalized spacial score (nSPS) is 12.5. The minimum absolute atomic E-state index is 0.126. The average Bonchev–Trinajstić information content (AvgIpc) is 2.26. The van der Waals surface area contributed by atoms with E-state index >= 15 is 0 Å². The van der Waals surface area contributed by atoms with E-state index < -0.39 is 6.67 Å². The lowest BCUT2D eigenvalue weighted by atomic mass is 10.1. The number of hydrogen-bond acceptors (Lipinski definition) is 2. The van der Waals surface area contributed by atoms with Crippen molar-refractivity contribution in [3.05, 3.63) is 29.8 Å². The third-order valence-corrected chi connectivity index (χ3v) is 2.16. The molecule has 0 fully saturated rings. The summed E-state index contributed by atoms with van der Waals surface area (Å²) in [6, 6.07) is 8.01. The average molecular weight is 197 g/mol. The minimum atomic E-state index is -0.450. The van der Waals surface area contributed by atoms with Crippen molar-refractivity contribution in [2.75, 3.05) is 20.3 Å². The molecular formula is C11H16FNO. The summed E-state index contributed by atoms with van der Waals surface area (Å²) in [6.07, 6.45) is 0. The van der Waals surface area contributed by atoms with Crippen LogP contribution in [0.5, 0.6) is 5.75 Å². The monoisotopic (exact) mass is 197 g/mol. The highest BCUT2D eigenvalue weighted by molar-refractivity contribution is 5.28. The van der Waals surface area contributed by atoms with E-state index in [1.54, 1.807) is 0 Å². The van der Waals surface area contributed by atoms with Crippen LogP contribution < -0.4 is 10.1 Å². The molecule has 0 saturated heterocycles. The fourth-order valence-electron chi connectivity index (χ4n) is 1.18. The first kappa shape index (κ1) is 11.0. The molecule has 0 aromatic heterocycles. The van der Waals surface area contributed by atoms with Gasteiger partial charge in [0, 0.05) is 6.04 Å². The first-order valence-electron chi connectivity index (χ1n) is 4.74. The van der Waals surface area contributed by atoms with Gasteiger partial charge < -0.3 is 10.1 Å². The van der Waals surface area contributed by atoms with Gasteiger partial charge >= 0.3 is 0 Å². The molecule has 0 amide bonds. The number of hydrogen-bond donors (Lipinski definition) is 1. The minimum Gasteiger partial charge on any atom is -0.491 e. The van der Waals surface area contributed by atoms with Crippen molar-refractivity contribution in [2.45, 2.75) is 13.0 Å². The first-order chi connectivity index (χ1) is 6.77. The number of ether oxygens (including phenoxy) is 1. The number of benzene rings is 1. The smallest absolute Gasteiger partial charge is 0.123 e. The SMILES string of the molecule is CNC(C)c1ccc(OCCF)cc1. The molecule has 3 heteroatoms. The number of rotatable bonds is 5. The van der Waals surface area contributed by atoms with Gasteiger partial charge in [0.2, 0.25) is 0 Å². The summed E-state index contributed by atoms with van der Waals surface area (Å²) in [6.45, 7) is 1.76. The largest absolute Gasteiger partial charge is 0.491 e. The highest BCUT2D eigenvalue weighted by atomic mass is 19.1. The summed E-state index contributed by atoms with van der Waals surface area (Å²) in [5, 5.41) is 3.14. The van der Waals surface area contributed by atoms with Crippen molar-refractivity contribution in [1.82, 2.24) is 5.32 Å². The quantitative estimate of drug-likeness (QED) is 0.782. The number of nitrogens with one attached hydrogen (secondary N) is 1. The second-order valence-electron chi connectivity index (χ2n) is 3.12. The predicted molar refractivity (Wildman–Crippen MR) is 55.4 cm³/mol. The van der Waals surface area contributed by atoms with Crippen molar-refractivity contribution >= 4 is 0 Å². The van der Waals surface area contributed by atoms with E-state index in [1.807, 2.05) is 31.3 Å². The lowest BCUT2D eigenvalue weighted by molar-refractivity contribution is 0.273. The van der Waals surface area contributed by atoms with Crippen molar-refractivity contribution < 1.29 is 9.13 Å². The Morgan fingerprint density at radius 1 is 1.36 bits per heavy atom. The summed E-state index contributed by atoms with van der Waals surface area (Å²) in [5.74, 6) is 0.717. The maximum atomic E-state index is 11.8.